The number of aromatic nitrogens is 2. The van der Waals surface area contributed by atoms with Crippen LogP contribution in [0.3, 0.4) is 0 Å². The van der Waals surface area contributed by atoms with E-state index in [1.54, 1.807) is 7.11 Å². The first-order valence-electron chi connectivity index (χ1n) is 10.2. The Morgan fingerprint density at radius 3 is 2.67 bits per heavy atom. The quantitative estimate of drug-likeness (QED) is 0.848. The molecule has 1 aromatic rings. The highest BCUT2D eigenvalue weighted by Gasteiger charge is 2.48. The van der Waals surface area contributed by atoms with Crippen LogP contribution in [0.15, 0.2) is 0 Å². The lowest BCUT2D eigenvalue weighted by atomic mass is 9.89. The second kappa shape index (κ2) is 7.18. The van der Waals surface area contributed by atoms with Crippen molar-refractivity contribution in [3.63, 3.8) is 0 Å². The minimum atomic E-state index is -0.448. The highest BCUT2D eigenvalue weighted by molar-refractivity contribution is 5.94. The first kappa shape index (κ1) is 18.9. The van der Waals surface area contributed by atoms with Crippen LogP contribution in [0.5, 0.6) is 0 Å². The summed E-state index contributed by atoms with van der Waals surface area (Å²) in [7, 11) is 1.66. The predicted octanol–water partition coefficient (Wildman–Crippen LogP) is 1.93. The number of carbonyl (C=O) groups is 1. The monoisotopic (exact) mass is 377 g/mol. The van der Waals surface area contributed by atoms with Gasteiger partial charge in [0.05, 0.1) is 36.7 Å². The Morgan fingerprint density at radius 2 is 2.04 bits per heavy atom. The summed E-state index contributed by atoms with van der Waals surface area (Å²) in [6, 6.07) is 0. The normalized spacial score (nSPS) is 27.5. The van der Waals surface area contributed by atoms with Gasteiger partial charge in [-0.15, -0.1) is 0 Å². The Hall–Kier alpha value is -1.44. The van der Waals surface area contributed by atoms with Crippen LogP contribution in [0.4, 0.5) is 0 Å². The summed E-state index contributed by atoms with van der Waals surface area (Å²) < 4.78 is 12.9. The van der Waals surface area contributed by atoms with E-state index in [-0.39, 0.29) is 18.1 Å². The lowest BCUT2D eigenvalue weighted by molar-refractivity contribution is -0.00725. The van der Waals surface area contributed by atoms with Gasteiger partial charge < -0.3 is 19.5 Å². The van der Waals surface area contributed by atoms with Crippen molar-refractivity contribution in [2.45, 2.75) is 70.3 Å². The summed E-state index contributed by atoms with van der Waals surface area (Å²) in [6.07, 6.45) is 4.28. The molecule has 0 aromatic carbocycles. The number of aliphatic hydroxyl groups is 1. The van der Waals surface area contributed by atoms with Gasteiger partial charge >= 0.3 is 0 Å². The van der Waals surface area contributed by atoms with E-state index in [0.29, 0.717) is 44.3 Å². The fraction of sp³-hybridized carbons (Fsp3) is 0.800. The molecule has 2 atom stereocenters. The van der Waals surface area contributed by atoms with E-state index in [9.17, 15) is 9.90 Å². The van der Waals surface area contributed by atoms with Crippen molar-refractivity contribution >= 4 is 5.91 Å². The van der Waals surface area contributed by atoms with Crippen molar-refractivity contribution in [3.05, 3.63) is 17.0 Å². The first-order chi connectivity index (χ1) is 12.9. The van der Waals surface area contributed by atoms with Gasteiger partial charge in [-0.3, -0.25) is 9.48 Å². The zero-order chi connectivity index (χ0) is 19.2. The molecular formula is C20H31N3O4. The molecule has 1 saturated carbocycles. The number of hydrogen-bond acceptors (Lipinski definition) is 5. The molecule has 0 radical (unpaired) electrons. The Morgan fingerprint density at radius 1 is 1.33 bits per heavy atom. The highest BCUT2D eigenvalue weighted by Crippen LogP contribution is 2.46. The average molecular weight is 377 g/mol. The number of fused-ring (bicyclic) bond motifs is 1. The third-order valence-electron chi connectivity index (χ3n) is 6.41. The van der Waals surface area contributed by atoms with Gasteiger partial charge in [0.2, 0.25) is 0 Å². The predicted molar refractivity (Wildman–Crippen MR) is 99.6 cm³/mol. The number of nitrogens with zero attached hydrogens (tertiary/aromatic N) is 3. The van der Waals surface area contributed by atoms with E-state index < -0.39 is 5.60 Å². The average Bonchev–Trinajstić information content (AvgIpc) is 3.30. The zero-order valence-electron chi connectivity index (χ0n) is 16.6. The maximum Gasteiger partial charge on any atom is 0.272 e. The van der Waals surface area contributed by atoms with E-state index in [2.05, 4.69) is 0 Å². The van der Waals surface area contributed by atoms with Crippen molar-refractivity contribution < 1.29 is 19.4 Å². The molecule has 2 fully saturated rings. The summed E-state index contributed by atoms with van der Waals surface area (Å²) in [5.41, 5.74) is 2.17. The number of likely N-dealkylation sites (tertiary alicyclic amines) is 1. The highest BCUT2D eigenvalue weighted by atomic mass is 16.5. The van der Waals surface area contributed by atoms with E-state index in [1.807, 2.05) is 23.4 Å². The number of hydrogen-bond donors (Lipinski definition) is 1. The van der Waals surface area contributed by atoms with Gasteiger partial charge in [-0.05, 0) is 45.4 Å². The lowest BCUT2D eigenvalue weighted by Crippen LogP contribution is -2.43. The molecular weight excluding hydrogens is 346 g/mol. The molecule has 4 rings (SSSR count). The summed E-state index contributed by atoms with van der Waals surface area (Å²) in [5.74, 6) is 0.393. The molecule has 1 aliphatic carbocycles. The van der Waals surface area contributed by atoms with Gasteiger partial charge in [0.15, 0.2) is 0 Å². The van der Waals surface area contributed by atoms with Gasteiger partial charge in [-0.25, -0.2) is 0 Å². The molecule has 3 aliphatic rings. The number of carbonyl (C=O) groups excluding carboxylic acids is 1. The van der Waals surface area contributed by atoms with Gasteiger partial charge in [-0.2, -0.15) is 5.10 Å². The number of rotatable bonds is 5. The van der Waals surface area contributed by atoms with Crippen LogP contribution in [0.25, 0.3) is 0 Å². The summed E-state index contributed by atoms with van der Waals surface area (Å²) in [5, 5.41) is 15.1. The van der Waals surface area contributed by atoms with Crippen molar-refractivity contribution in [3.8, 4) is 0 Å². The molecule has 150 valence electrons. The van der Waals surface area contributed by atoms with Crippen LogP contribution in [0.1, 0.15) is 67.4 Å². The summed E-state index contributed by atoms with van der Waals surface area (Å²) in [4.78, 5) is 15.4. The van der Waals surface area contributed by atoms with Crippen LogP contribution in [0.2, 0.25) is 0 Å². The molecule has 27 heavy (non-hydrogen) atoms. The molecule has 0 spiro atoms. The van der Waals surface area contributed by atoms with Crippen molar-refractivity contribution in [1.29, 1.82) is 0 Å². The Bertz CT molecular complexity index is 704. The number of ether oxygens (including phenoxy) is 2. The zero-order valence-corrected chi connectivity index (χ0v) is 16.6. The van der Waals surface area contributed by atoms with Crippen LogP contribution >= 0.6 is 0 Å². The Balaban J connectivity index is 1.57. The summed E-state index contributed by atoms with van der Waals surface area (Å²) in [6.45, 7) is 6.53. The third-order valence-corrected chi connectivity index (χ3v) is 6.41. The Kier molecular flexibility index (Phi) is 5.03. The van der Waals surface area contributed by atoms with Crippen molar-refractivity contribution in [2.24, 2.45) is 5.92 Å². The van der Waals surface area contributed by atoms with Crippen molar-refractivity contribution in [2.75, 3.05) is 26.8 Å². The maximum atomic E-state index is 13.4. The van der Waals surface area contributed by atoms with Crippen molar-refractivity contribution in [1.82, 2.24) is 14.7 Å². The standard InChI is InChI=1S/C20H31N3O4/c1-13-12-16-17(14(2)27-13)21-23(10-11-26-3)18(16)19(24)22-8-4-15(5-9-22)20(25)6-7-20/h13-15,25H,4-12H2,1-3H3/t13-,14+/m0/s1. The molecule has 1 saturated heterocycles. The largest absolute Gasteiger partial charge is 0.390 e. The molecule has 7 nitrogen and oxygen atoms in total. The summed E-state index contributed by atoms with van der Waals surface area (Å²) >= 11 is 0. The second-order valence-corrected chi connectivity index (χ2v) is 8.39. The lowest BCUT2D eigenvalue weighted by Gasteiger charge is -2.35. The number of methoxy groups -OCH3 is 1. The minimum absolute atomic E-state index is 0.0578. The number of piperidine rings is 1. The first-order valence-corrected chi connectivity index (χ1v) is 10.2. The molecule has 1 N–H and O–H groups in total. The van der Waals surface area contributed by atoms with E-state index in [1.165, 1.54) is 0 Å². The van der Waals surface area contributed by atoms with E-state index in [0.717, 1.165) is 36.9 Å². The van der Waals surface area contributed by atoms with E-state index >= 15 is 0 Å². The minimum Gasteiger partial charge on any atom is -0.390 e. The fourth-order valence-electron chi connectivity index (χ4n) is 4.68. The van der Waals surface area contributed by atoms with Crippen LogP contribution in [-0.2, 0) is 22.4 Å². The second-order valence-electron chi connectivity index (χ2n) is 8.39. The molecule has 1 amide bonds. The SMILES string of the molecule is COCCn1nc2c(c1C(=O)N1CCC(C3(O)CC3)CC1)C[C@H](C)O[C@@H]2C. The Labute approximate surface area is 160 Å². The van der Waals surface area contributed by atoms with Crippen LogP contribution < -0.4 is 0 Å². The third kappa shape index (κ3) is 3.52. The molecule has 7 heteroatoms. The van der Waals surface area contributed by atoms with Gasteiger partial charge in [0.25, 0.3) is 5.91 Å². The molecule has 0 bridgehead atoms. The molecule has 1 aromatic heterocycles. The van der Waals surface area contributed by atoms with Crippen LogP contribution in [-0.4, -0.2) is 64.2 Å². The van der Waals surface area contributed by atoms with Gasteiger partial charge in [0, 0.05) is 32.2 Å². The molecule has 3 heterocycles. The number of amides is 1. The fourth-order valence-corrected chi connectivity index (χ4v) is 4.68. The van der Waals surface area contributed by atoms with Crippen LogP contribution in [0, 0.1) is 5.92 Å². The van der Waals surface area contributed by atoms with E-state index in [4.69, 9.17) is 14.6 Å². The molecule has 2 aliphatic heterocycles. The topological polar surface area (TPSA) is 76.8 Å². The van der Waals surface area contributed by atoms with Gasteiger partial charge in [-0.1, -0.05) is 0 Å². The van der Waals surface area contributed by atoms with Gasteiger partial charge in [0.1, 0.15) is 5.69 Å². The smallest absolute Gasteiger partial charge is 0.272 e. The molecule has 0 unspecified atom stereocenters. The maximum absolute atomic E-state index is 13.4.